The maximum Gasteiger partial charge on any atom is 0.270 e. The number of ether oxygens (including phenoxy) is 1. The van der Waals surface area contributed by atoms with Crippen LogP contribution >= 0.6 is 0 Å². The Hall–Kier alpha value is -3.19. The van der Waals surface area contributed by atoms with Crippen molar-refractivity contribution >= 4 is 17.5 Å². The number of allylic oxidation sites excluding steroid dienone is 1. The molecule has 0 aromatic heterocycles. The average Bonchev–Trinajstić information content (AvgIpc) is 2.87. The minimum atomic E-state index is -0.481. The number of Topliss-reactive ketones (excluding diaryl/α,β-unsaturated/α-hetero) is 1. The Balaban J connectivity index is 1.64. The standard InChI is InChI=1S/C22H22N2O5/c25-19-9-8-17-21(26)20(13-15-6-5-7-16(12-15)24(27)28)29-22(17)18(19)14-23-10-3-1-2-4-11-23/h5-9,12-13,25H,1-4,10-11,14H2/b20-13+. The van der Waals surface area contributed by atoms with Gasteiger partial charge in [-0.3, -0.25) is 19.8 Å². The average molecular weight is 394 g/mol. The number of fused-ring (bicyclic) bond motifs is 1. The van der Waals surface area contributed by atoms with Crippen molar-refractivity contribution in [3.8, 4) is 11.5 Å². The van der Waals surface area contributed by atoms with E-state index in [1.54, 1.807) is 18.2 Å². The van der Waals surface area contributed by atoms with Crippen molar-refractivity contribution in [3.05, 3.63) is 69.0 Å². The van der Waals surface area contributed by atoms with Gasteiger partial charge in [0.25, 0.3) is 5.69 Å². The second-order valence-corrected chi connectivity index (χ2v) is 7.42. The van der Waals surface area contributed by atoms with E-state index in [0.29, 0.717) is 29.0 Å². The van der Waals surface area contributed by atoms with Crippen molar-refractivity contribution in [2.45, 2.75) is 32.2 Å². The topological polar surface area (TPSA) is 92.9 Å². The van der Waals surface area contributed by atoms with Crippen LogP contribution in [0.2, 0.25) is 0 Å². The second-order valence-electron chi connectivity index (χ2n) is 7.42. The lowest BCUT2D eigenvalue weighted by atomic mass is 10.0. The Kier molecular flexibility index (Phi) is 5.31. The van der Waals surface area contributed by atoms with E-state index in [1.165, 1.54) is 37.1 Å². The third kappa shape index (κ3) is 4.00. The number of phenolic OH excluding ortho intramolecular Hbond substituents is 1. The first kappa shape index (κ1) is 19.1. The molecule has 0 bridgehead atoms. The summed E-state index contributed by atoms with van der Waals surface area (Å²) in [6.45, 7) is 2.42. The van der Waals surface area contributed by atoms with Crippen LogP contribution in [0, 0.1) is 10.1 Å². The van der Waals surface area contributed by atoms with Crippen LogP contribution in [-0.4, -0.2) is 33.8 Å². The molecule has 1 saturated heterocycles. The van der Waals surface area contributed by atoms with Gasteiger partial charge in [0.15, 0.2) is 5.76 Å². The number of rotatable bonds is 4. The number of likely N-dealkylation sites (tertiary alicyclic amines) is 1. The van der Waals surface area contributed by atoms with Crippen molar-refractivity contribution < 1.29 is 19.6 Å². The van der Waals surface area contributed by atoms with Crippen LogP contribution in [-0.2, 0) is 6.54 Å². The monoisotopic (exact) mass is 394 g/mol. The van der Waals surface area contributed by atoms with Crippen LogP contribution in [0.4, 0.5) is 5.69 Å². The molecule has 2 heterocycles. The highest BCUT2D eigenvalue weighted by molar-refractivity contribution is 6.15. The van der Waals surface area contributed by atoms with Gasteiger partial charge in [0, 0.05) is 18.7 Å². The summed E-state index contributed by atoms with van der Waals surface area (Å²) in [5.74, 6) is 0.306. The Bertz CT molecular complexity index is 991. The maximum absolute atomic E-state index is 12.8. The SMILES string of the molecule is O=C1/C(=C\c2cccc([N+](=O)[O-])c2)Oc2c1ccc(O)c2CN1CCCCCC1. The van der Waals surface area contributed by atoms with Crippen LogP contribution in [0.25, 0.3) is 6.08 Å². The van der Waals surface area contributed by atoms with Crippen LogP contribution in [0.3, 0.4) is 0 Å². The van der Waals surface area contributed by atoms with Gasteiger partial charge in [0.05, 0.1) is 16.1 Å². The highest BCUT2D eigenvalue weighted by Gasteiger charge is 2.31. The van der Waals surface area contributed by atoms with E-state index >= 15 is 0 Å². The largest absolute Gasteiger partial charge is 0.507 e. The zero-order valence-corrected chi connectivity index (χ0v) is 16.0. The number of nitro benzene ring substituents is 1. The number of carbonyl (C=O) groups is 1. The van der Waals surface area contributed by atoms with Gasteiger partial charge >= 0.3 is 0 Å². The van der Waals surface area contributed by atoms with Gasteiger partial charge in [-0.1, -0.05) is 25.0 Å². The fourth-order valence-corrected chi connectivity index (χ4v) is 3.85. The Labute approximate surface area is 168 Å². The zero-order chi connectivity index (χ0) is 20.4. The summed E-state index contributed by atoms with van der Waals surface area (Å²) in [7, 11) is 0. The summed E-state index contributed by atoms with van der Waals surface area (Å²) >= 11 is 0. The molecule has 0 aliphatic carbocycles. The Morgan fingerprint density at radius 2 is 1.90 bits per heavy atom. The molecular formula is C22H22N2O5. The Morgan fingerprint density at radius 1 is 1.14 bits per heavy atom. The number of hydrogen-bond acceptors (Lipinski definition) is 6. The molecule has 1 N–H and O–H groups in total. The minimum Gasteiger partial charge on any atom is -0.507 e. The van der Waals surface area contributed by atoms with E-state index in [1.807, 2.05) is 0 Å². The van der Waals surface area contributed by atoms with E-state index in [9.17, 15) is 20.0 Å². The third-order valence-electron chi connectivity index (χ3n) is 5.38. The molecule has 2 aliphatic rings. The number of hydrogen-bond donors (Lipinski definition) is 1. The maximum atomic E-state index is 12.8. The van der Waals surface area contributed by atoms with Gasteiger partial charge < -0.3 is 9.84 Å². The summed E-state index contributed by atoms with van der Waals surface area (Å²) in [6, 6.07) is 9.12. The lowest BCUT2D eigenvalue weighted by Crippen LogP contribution is -2.24. The van der Waals surface area contributed by atoms with Crippen molar-refractivity contribution in [1.29, 1.82) is 0 Å². The quantitative estimate of drug-likeness (QED) is 0.472. The zero-order valence-electron chi connectivity index (χ0n) is 16.0. The molecule has 0 unspecified atom stereocenters. The molecule has 29 heavy (non-hydrogen) atoms. The molecule has 2 aliphatic heterocycles. The van der Waals surface area contributed by atoms with E-state index < -0.39 is 4.92 Å². The molecule has 0 amide bonds. The van der Waals surface area contributed by atoms with Gasteiger partial charge in [-0.15, -0.1) is 0 Å². The third-order valence-corrected chi connectivity index (χ3v) is 5.38. The molecule has 150 valence electrons. The van der Waals surface area contributed by atoms with Gasteiger partial charge in [0.2, 0.25) is 5.78 Å². The van der Waals surface area contributed by atoms with Gasteiger partial charge in [-0.05, 0) is 49.7 Å². The first-order valence-electron chi connectivity index (χ1n) is 9.79. The van der Waals surface area contributed by atoms with Crippen molar-refractivity contribution in [3.63, 3.8) is 0 Å². The summed E-state index contributed by atoms with van der Waals surface area (Å²) in [6.07, 6.45) is 6.16. The molecule has 0 radical (unpaired) electrons. The van der Waals surface area contributed by atoms with E-state index in [-0.39, 0.29) is 23.0 Å². The van der Waals surface area contributed by atoms with Crippen molar-refractivity contribution in [2.75, 3.05) is 13.1 Å². The van der Waals surface area contributed by atoms with E-state index in [0.717, 1.165) is 25.9 Å². The Morgan fingerprint density at radius 3 is 2.62 bits per heavy atom. The first-order chi connectivity index (χ1) is 14.0. The number of non-ortho nitro benzene ring substituents is 1. The van der Waals surface area contributed by atoms with Crippen LogP contribution in [0.1, 0.15) is 47.2 Å². The number of nitro groups is 1. The van der Waals surface area contributed by atoms with Gasteiger partial charge in [-0.2, -0.15) is 0 Å². The number of carbonyl (C=O) groups excluding carboxylic acids is 1. The smallest absolute Gasteiger partial charge is 0.270 e. The molecule has 0 atom stereocenters. The lowest BCUT2D eigenvalue weighted by molar-refractivity contribution is -0.384. The number of benzene rings is 2. The summed E-state index contributed by atoms with van der Waals surface area (Å²) in [5.41, 5.74) is 1.47. The van der Waals surface area contributed by atoms with Crippen LogP contribution in [0.5, 0.6) is 11.5 Å². The first-order valence-corrected chi connectivity index (χ1v) is 9.79. The second kappa shape index (κ2) is 8.05. The lowest BCUT2D eigenvalue weighted by Gasteiger charge is -2.21. The minimum absolute atomic E-state index is 0.0539. The molecule has 0 saturated carbocycles. The highest BCUT2D eigenvalue weighted by Crippen LogP contribution is 2.40. The molecular weight excluding hydrogens is 372 g/mol. The van der Waals surface area contributed by atoms with Crippen LogP contribution in [0.15, 0.2) is 42.2 Å². The molecule has 0 spiro atoms. The normalized spacial score (nSPS) is 18.3. The van der Waals surface area contributed by atoms with Gasteiger partial charge in [-0.25, -0.2) is 0 Å². The molecule has 7 nitrogen and oxygen atoms in total. The number of aromatic hydroxyl groups is 1. The fraction of sp³-hybridized carbons (Fsp3) is 0.318. The fourth-order valence-electron chi connectivity index (χ4n) is 3.85. The number of phenols is 1. The van der Waals surface area contributed by atoms with Crippen molar-refractivity contribution in [1.82, 2.24) is 4.90 Å². The molecule has 2 aromatic carbocycles. The summed E-state index contributed by atoms with van der Waals surface area (Å²) < 4.78 is 5.86. The summed E-state index contributed by atoms with van der Waals surface area (Å²) in [5, 5.41) is 21.4. The van der Waals surface area contributed by atoms with Gasteiger partial charge in [0.1, 0.15) is 11.5 Å². The molecule has 2 aromatic rings. The van der Waals surface area contributed by atoms with E-state index in [2.05, 4.69) is 4.90 Å². The number of nitrogens with zero attached hydrogens (tertiary/aromatic N) is 2. The number of ketones is 1. The van der Waals surface area contributed by atoms with Crippen LogP contribution < -0.4 is 4.74 Å². The predicted octanol–water partition coefficient (Wildman–Crippen LogP) is 4.29. The van der Waals surface area contributed by atoms with Crippen molar-refractivity contribution in [2.24, 2.45) is 0 Å². The van der Waals surface area contributed by atoms with E-state index in [4.69, 9.17) is 4.74 Å². The summed E-state index contributed by atoms with van der Waals surface area (Å²) in [4.78, 5) is 25.6. The molecule has 7 heteroatoms. The molecule has 1 fully saturated rings. The predicted molar refractivity (Wildman–Crippen MR) is 108 cm³/mol. The molecule has 4 rings (SSSR count). The highest BCUT2D eigenvalue weighted by atomic mass is 16.6.